The largest absolute Gasteiger partial charge is 0.495 e. The van der Waals surface area contributed by atoms with Crippen LogP contribution in [0.1, 0.15) is 23.5 Å². The van der Waals surface area contributed by atoms with E-state index in [4.69, 9.17) is 9.47 Å². The molecular formula is C18H22N2O3S. The van der Waals surface area contributed by atoms with Crippen molar-refractivity contribution in [2.24, 2.45) is 0 Å². The van der Waals surface area contributed by atoms with E-state index in [2.05, 4.69) is 24.1 Å². The normalized spacial score (nSPS) is 20.7. The molecule has 2 aromatic rings. The third-order valence-corrected chi connectivity index (χ3v) is 4.81. The number of rotatable bonds is 4. The van der Waals surface area contributed by atoms with E-state index in [1.165, 1.54) is 11.3 Å². The van der Waals surface area contributed by atoms with Gasteiger partial charge >= 0.3 is 0 Å². The summed E-state index contributed by atoms with van der Waals surface area (Å²) in [5.74, 6) is 0.647. The monoisotopic (exact) mass is 346 g/mol. The Morgan fingerprint density at radius 2 is 2.04 bits per heavy atom. The predicted molar refractivity (Wildman–Crippen MR) is 97.5 cm³/mol. The van der Waals surface area contributed by atoms with Gasteiger partial charge in [-0.2, -0.15) is 0 Å². The van der Waals surface area contributed by atoms with Crippen molar-refractivity contribution in [1.82, 2.24) is 0 Å². The summed E-state index contributed by atoms with van der Waals surface area (Å²) in [6.07, 6.45) is 0.355. The van der Waals surface area contributed by atoms with Crippen molar-refractivity contribution in [2.75, 3.05) is 30.4 Å². The zero-order valence-corrected chi connectivity index (χ0v) is 14.9. The van der Waals surface area contributed by atoms with Crippen molar-refractivity contribution in [3.05, 3.63) is 40.6 Å². The Kier molecular flexibility index (Phi) is 5.06. The van der Waals surface area contributed by atoms with Gasteiger partial charge in [-0.1, -0.05) is 6.07 Å². The second-order valence-electron chi connectivity index (χ2n) is 5.98. The Morgan fingerprint density at radius 3 is 2.67 bits per heavy atom. The molecule has 1 saturated heterocycles. The van der Waals surface area contributed by atoms with Gasteiger partial charge in [0, 0.05) is 24.8 Å². The van der Waals surface area contributed by atoms with Crippen LogP contribution in [0.25, 0.3) is 0 Å². The molecule has 0 spiro atoms. The number of benzene rings is 1. The molecule has 3 rings (SSSR count). The summed E-state index contributed by atoms with van der Waals surface area (Å²) >= 11 is 1.42. The van der Waals surface area contributed by atoms with E-state index in [1.54, 1.807) is 7.11 Å². The molecular weight excluding hydrogens is 324 g/mol. The number of anilines is 2. The number of hydrogen-bond donors (Lipinski definition) is 1. The summed E-state index contributed by atoms with van der Waals surface area (Å²) in [4.78, 5) is 15.1. The summed E-state index contributed by atoms with van der Waals surface area (Å²) in [5.41, 5.74) is 1.75. The van der Waals surface area contributed by atoms with Gasteiger partial charge in [-0.15, -0.1) is 11.3 Å². The van der Waals surface area contributed by atoms with Gasteiger partial charge in [0.25, 0.3) is 5.91 Å². The molecule has 2 heterocycles. The fraction of sp³-hybridized carbons (Fsp3) is 0.389. The molecule has 1 aromatic carbocycles. The maximum Gasteiger partial charge on any atom is 0.265 e. The SMILES string of the molecule is COc1cc(NC(=O)c2cccs2)ccc1N1C[C@H](C)O[C@@H](C)C1. The lowest BCUT2D eigenvalue weighted by Crippen LogP contribution is -2.45. The Bertz CT molecular complexity index is 692. The highest BCUT2D eigenvalue weighted by Gasteiger charge is 2.24. The van der Waals surface area contributed by atoms with E-state index in [0.717, 1.165) is 30.2 Å². The topological polar surface area (TPSA) is 50.8 Å². The minimum atomic E-state index is -0.103. The van der Waals surface area contributed by atoms with E-state index in [9.17, 15) is 4.79 Å². The van der Waals surface area contributed by atoms with Gasteiger partial charge in [-0.25, -0.2) is 0 Å². The van der Waals surface area contributed by atoms with E-state index in [-0.39, 0.29) is 18.1 Å². The average molecular weight is 346 g/mol. The van der Waals surface area contributed by atoms with Gasteiger partial charge in [0.15, 0.2) is 0 Å². The van der Waals surface area contributed by atoms with Crippen LogP contribution in [0.4, 0.5) is 11.4 Å². The first-order chi connectivity index (χ1) is 11.6. The molecule has 1 amide bonds. The summed E-state index contributed by atoms with van der Waals surface area (Å²) in [5, 5.41) is 4.80. The minimum absolute atomic E-state index is 0.103. The van der Waals surface area contributed by atoms with Crippen LogP contribution < -0.4 is 15.0 Å². The molecule has 0 radical (unpaired) electrons. The van der Waals surface area contributed by atoms with E-state index in [1.807, 2.05) is 35.7 Å². The lowest BCUT2D eigenvalue weighted by Gasteiger charge is -2.37. The lowest BCUT2D eigenvalue weighted by molar-refractivity contribution is -0.00532. The molecule has 2 atom stereocenters. The second kappa shape index (κ2) is 7.23. The van der Waals surface area contributed by atoms with Crippen LogP contribution in [-0.4, -0.2) is 38.3 Å². The number of ether oxygens (including phenoxy) is 2. The van der Waals surface area contributed by atoms with Crippen molar-refractivity contribution in [3.8, 4) is 5.75 Å². The maximum atomic E-state index is 12.2. The molecule has 1 aliphatic rings. The van der Waals surface area contributed by atoms with E-state index in [0.29, 0.717) is 4.88 Å². The molecule has 0 unspecified atom stereocenters. The van der Waals surface area contributed by atoms with Crippen molar-refractivity contribution in [2.45, 2.75) is 26.1 Å². The number of nitrogens with one attached hydrogen (secondary N) is 1. The number of morpholine rings is 1. The summed E-state index contributed by atoms with van der Waals surface area (Å²) in [7, 11) is 1.65. The molecule has 0 aliphatic carbocycles. The Hall–Kier alpha value is -2.05. The number of carbonyl (C=O) groups is 1. The first-order valence-corrected chi connectivity index (χ1v) is 8.88. The number of carbonyl (C=O) groups excluding carboxylic acids is 1. The molecule has 128 valence electrons. The minimum Gasteiger partial charge on any atom is -0.495 e. The molecule has 1 aromatic heterocycles. The Labute approximate surface area is 146 Å². The molecule has 1 fully saturated rings. The average Bonchev–Trinajstić information content (AvgIpc) is 3.08. The molecule has 5 nitrogen and oxygen atoms in total. The number of amides is 1. The maximum absolute atomic E-state index is 12.2. The smallest absolute Gasteiger partial charge is 0.265 e. The molecule has 1 N–H and O–H groups in total. The molecule has 6 heteroatoms. The highest BCUT2D eigenvalue weighted by atomic mass is 32.1. The van der Waals surface area contributed by atoms with Crippen molar-refractivity contribution in [1.29, 1.82) is 0 Å². The number of thiophene rings is 1. The lowest BCUT2D eigenvalue weighted by atomic mass is 10.1. The first-order valence-electron chi connectivity index (χ1n) is 8.00. The van der Waals surface area contributed by atoms with Crippen LogP contribution >= 0.6 is 11.3 Å². The number of methoxy groups -OCH3 is 1. The zero-order chi connectivity index (χ0) is 17.1. The van der Waals surface area contributed by atoms with Gasteiger partial charge in [-0.3, -0.25) is 4.79 Å². The Balaban J connectivity index is 1.79. The van der Waals surface area contributed by atoms with Crippen molar-refractivity contribution in [3.63, 3.8) is 0 Å². The highest BCUT2D eigenvalue weighted by Crippen LogP contribution is 2.33. The first kappa shape index (κ1) is 16.8. The molecule has 0 saturated carbocycles. The van der Waals surface area contributed by atoms with E-state index >= 15 is 0 Å². The van der Waals surface area contributed by atoms with Crippen LogP contribution in [0.15, 0.2) is 35.7 Å². The van der Waals surface area contributed by atoms with Gasteiger partial charge in [0.1, 0.15) is 5.75 Å². The van der Waals surface area contributed by atoms with Crippen molar-refractivity contribution >= 4 is 28.6 Å². The fourth-order valence-corrected chi connectivity index (χ4v) is 3.61. The summed E-state index contributed by atoms with van der Waals surface area (Å²) < 4.78 is 11.3. The second-order valence-corrected chi connectivity index (χ2v) is 6.93. The summed E-state index contributed by atoms with van der Waals surface area (Å²) in [6, 6.07) is 9.44. The summed E-state index contributed by atoms with van der Waals surface area (Å²) in [6.45, 7) is 5.79. The van der Waals surface area contributed by atoms with Crippen LogP contribution in [0.3, 0.4) is 0 Å². The van der Waals surface area contributed by atoms with E-state index < -0.39 is 0 Å². The van der Waals surface area contributed by atoms with Crippen LogP contribution in [-0.2, 0) is 4.74 Å². The molecule has 1 aliphatic heterocycles. The van der Waals surface area contributed by atoms with Gasteiger partial charge in [-0.05, 0) is 37.4 Å². The molecule has 0 bridgehead atoms. The molecule has 24 heavy (non-hydrogen) atoms. The predicted octanol–water partition coefficient (Wildman–Crippen LogP) is 3.62. The van der Waals surface area contributed by atoms with Crippen LogP contribution in [0, 0.1) is 0 Å². The van der Waals surface area contributed by atoms with Crippen molar-refractivity contribution < 1.29 is 14.3 Å². The Morgan fingerprint density at radius 1 is 1.29 bits per heavy atom. The fourth-order valence-electron chi connectivity index (χ4n) is 2.99. The number of hydrogen-bond acceptors (Lipinski definition) is 5. The number of nitrogens with zero attached hydrogens (tertiary/aromatic N) is 1. The zero-order valence-electron chi connectivity index (χ0n) is 14.1. The quantitative estimate of drug-likeness (QED) is 0.919. The third kappa shape index (κ3) is 3.71. The van der Waals surface area contributed by atoms with Gasteiger partial charge < -0.3 is 19.7 Å². The highest BCUT2D eigenvalue weighted by molar-refractivity contribution is 7.12. The van der Waals surface area contributed by atoms with Crippen LogP contribution in [0.5, 0.6) is 5.75 Å². The van der Waals surface area contributed by atoms with Crippen LogP contribution in [0.2, 0.25) is 0 Å². The van der Waals surface area contributed by atoms with Gasteiger partial charge in [0.05, 0.1) is 29.9 Å². The van der Waals surface area contributed by atoms with Gasteiger partial charge in [0.2, 0.25) is 0 Å². The standard InChI is InChI=1S/C18H22N2O3S/c1-12-10-20(11-13(2)23-12)15-7-6-14(9-16(15)22-3)19-18(21)17-5-4-8-24-17/h4-9,12-13H,10-11H2,1-3H3,(H,19,21)/t12-,13-/m0/s1. The third-order valence-electron chi connectivity index (χ3n) is 3.94.